The third-order valence-corrected chi connectivity index (χ3v) is 3.05. The Morgan fingerprint density at radius 3 is 2.94 bits per heavy atom. The first-order valence-corrected chi connectivity index (χ1v) is 5.66. The van der Waals surface area contributed by atoms with Gasteiger partial charge >= 0.3 is 0 Å². The molecular formula is C11H17N5O. The predicted molar refractivity (Wildman–Crippen MR) is 64.7 cm³/mol. The number of hydrogen-bond acceptors (Lipinski definition) is 5. The third kappa shape index (κ3) is 2.36. The van der Waals surface area contributed by atoms with Crippen molar-refractivity contribution in [3.05, 3.63) is 17.6 Å². The Hall–Kier alpha value is -1.69. The molecule has 1 aliphatic heterocycles. The molecule has 1 aliphatic rings. The number of carbonyl (C=O) groups excluding carboxylic acids is 1. The van der Waals surface area contributed by atoms with E-state index in [0.29, 0.717) is 13.1 Å². The van der Waals surface area contributed by atoms with Crippen molar-refractivity contribution in [2.24, 2.45) is 5.73 Å². The summed E-state index contributed by atoms with van der Waals surface area (Å²) in [5, 5.41) is 3.15. The maximum absolute atomic E-state index is 11.4. The van der Waals surface area contributed by atoms with Crippen LogP contribution >= 0.6 is 0 Å². The van der Waals surface area contributed by atoms with Gasteiger partial charge in [0, 0.05) is 19.6 Å². The summed E-state index contributed by atoms with van der Waals surface area (Å²) >= 11 is 0. The fourth-order valence-electron chi connectivity index (χ4n) is 1.90. The second-order valence-electron chi connectivity index (χ2n) is 4.21. The quantitative estimate of drug-likeness (QED) is 0.712. The van der Waals surface area contributed by atoms with E-state index in [4.69, 9.17) is 5.73 Å². The van der Waals surface area contributed by atoms with Crippen LogP contribution < -0.4 is 16.0 Å². The molecule has 1 unspecified atom stereocenters. The maximum atomic E-state index is 11.4. The minimum Gasteiger partial charge on any atom is -0.368 e. The fraction of sp³-hybridized carbons (Fsp3) is 0.545. The molecule has 0 aromatic carbocycles. The number of carbonyl (C=O) groups is 1. The molecule has 92 valence electrons. The summed E-state index contributed by atoms with van der Waals surface area (Å²) in [7, 11) is 0. The van der Waals surface area contributed by atoms with Crippen molar-refractivity contribution >= 4 is 11.7 Å². The predicted octanol–water partition coefficient (Wildman–Crippen LogP) is -0.643. The first-order chi connectivity index (χ1) is 8.09. The van der Waals surface area contributed by atoms with Gasteiger partial charge in [0.05, 0.1) is 17.6 Å². The lowest BCUT2D eigenvalue weighted by Crippen LogP contribution is -2.57. The van der Waals surface area contributed by atoms with E-state index >= 15 is 0 Å². The van der Waals surface area contributed by atoms with Crippen molar-refractivity contribution in [3.8, 4) is 0 Å². The molecule has 1 aromatic heterocycles. The Bertz CT molecular complexity index is 434. The van der Waals surface area contributed by atoms with Crippen molar-refractivity contribution in [1.82, 2.24) is 15.3 Å². The standard InChI is InChI=1S/C11H17N5O/c1-7-8(2)15-10(6-14-7)16-4-3-13-5-9(16)11(12)17/h6,9,13H,3-5H2,1-2H3,(H2,12,17). The number of piperazine rings is 1. The number of amides is 1. The molecule has 0 bridgehead atoms. The van der Waals surface area contributed by atoms with Crippen molar-refractivity contribution in [3.63, 3.8) is 0 Å². The maximum Gasteiger partial charge on any atom is 0.241 e. The average molecular weight is 235 g/mol. The van der Waals surface area contributed by atoms with E-state index in [1.54, 1.807) is 6.20 Å². The number of nitrogens with one attached hydrogen (secondary N) is 1. The summed E-state index contributed by atoms with van der Waals surface area (Å²) in [4.78, 5) is 22.0. The molecule has 2 heterocycles. The summed E-state index contributed by atoms with van der Waals surface area (Å²) in [6.45, 7) is 5.91. The minimum absolute atomic E-state index is 0.336. The first-order valence-electron chi connectivity index (χ1n) is 5.66. The Kier molecular flexibility index (Phi) is 3.23. The van der Waals surface area contributed by atoms with Crippen LogP contribution in [0, 0.1) is 13.8 Å². The van der Waals surface area contributed by atoms with Gasteiger partial charge in [-0.2, -0.15) is 0 Å². The van der Waals surface area contributed by atoms with Crippen LogP contribution in [0.3, 0.4) is 0 Å². The zero-order valence-corrected chi connectivity index (χ0v) is 10.1. The largest absolute Gasteiger partial charge is 0.368 e. The monoisotopic (exact) mass is 235 g/mol. The number of nitrogens with two attached hydrogens (primary N) is 1. The number of nitrogens with zero attached hydrogens (tertiary/aromatic N) is 3. The van der Waals surface area contributed by atoms with Gasteiger partial charge in [0.2, 0.25) is 5.91 Å². The highest BCUT2D eigenvalue weighted by atomic mass is 16.1. The molecule has 1 saturated heterocycles. The van der Waals surface area contributed by atoms with Crippen LogP contribution in [0.15, 0.2) is 6.20 Å². The first kappa shape index (κ1) is 11.8. The zero-order valence-electron chi connectivity index (χ0n) is 10.1. The van der Waals surface area contributed by atoms with Gasteiger partial charge in [-0.3, -0.25) is 9.78 Å². The molecule has 0 spiro atoms. The highest BCUT2D eigenvalue weighted by Gasteiger charge is 2.28. The Labute approximate surface area is 100 Å². The molecule has 2 rings (SSSR count). The third-order valence-electron chi connectivity index (χ3n) is 3.05. The summed E-state index contributed by atoms with van der Waals surface area (Å²) < 4.78 is 0. The van der Waals surface area contributed by atoms with E-state index < -0.39 is 0 Å². The van der Waals surface area contributed by atoms with E-state index in [9.17, 15) is 4.79 Å². The smallest absolute Gasteiger partial charge is 0.241 e. The van der Waals surface area contributed by atoms with Gasteiger partial charge in [0.25, 0.3) is 0 Å². The fourth-order valence-corrected chi connectivity index (χ4v) is 1.90. The van der Waals surface area contributed by atoms with Gasteiger partial charge in [-0.25, -0.2) is 4.98 Å². The van der Waals surface area contributed by atoms with Crippen LogP contribution in [0.25, 0.3) is 0 Å². The summed E-state index contributed by atoms with van der Waals surface area (Å²) in [6, 6.07) is -0.347. The topological polar surface area (TPSA) is 84.1 Å². The minimum atomic E-state index is -0.347. The normalized spacial score (nSPS) is 20.4. The van der Waals surface area contributed by atoms with Gasteiger partial charge in [0.15, 0.2) is 0 Å². The average Bonchev–Trinajstić information content (AvgIpc) is 2.32. The lowest BCUT2D eigenvalue weighted by Gasteiger charge is -2.35. The molecule has 6 heteroatoms. The summed E-state index contributed by atoms with van der Waals surface area (Å²) in [5.74, 6) is 0.385. The highest BCUT2D eigenvalue weighted by molar-refractivity contribution is 5.83. The molecule has 6 nitrogen and oxygen atoms in total. The lowest BCUT2D eigenvalue weighted by atomic mass is 10.2. The van der Waals surface area contributed by atoms with E-state index in [0.717, 1.165) is 23.8 Å². The lowest BCUT2D eigenvalue weighted by molar-refractivity contribution is -0.119. The van der Waals surface area contributed by atoms with Crippen molar-refractivity contribution in [2.45, 2.75) is 19.9 Å². The van der Waals surface area contributed by atoms with Crippen LogP contribution in [-0.2, 0) is 4.79 Å². The molecule has 1 atom stereocenters. The van der Waals surface area contributed by atoms with E-state index in [1.165, 1.54) is 0 Å². The molecular weight excluding hydrogens is 218 g/mol. The summed E-state index contributed by atoms with van der Waals surface area (Å²) in [6.07, 6.45) is 1.70. The van der Waals surface area contributed by atoms with E-state index in [1.807, 2.05) is 18.7 Å². The van der Waals surface area contributed by atoms with Gasteiger partial charge in [-0.1, -0.05) is 0 Å². The Balaban J connectivity index is 2.29. The number of anilines is 1. The zero-order chi connectivity index (χ0) is 12.4. The molecule has 0 aliphatic carbocycles. The number of aromatic nitrogens is 2. The number of hydrogen-bond donors (Lipinski definition) is 2. The van der Waals surface area contributed by atoms with Crippen LogP contribution in [0.2, 0.25) is 0 Å². The van der Waals surface area contributed by atoms with Crippen molar-refractivity contribution in [1.29, 1.82) is 0 Å². The molecule has 0 radical (unpaired) electrons. The van der Waals surface area contributed by atoms with Crippen LogP contribution in [0.4, 0.5) is 5.82 Å². The van der Waals surface area contributed by atoms with E-state index in [2.05, 4.69) is 15.3 Å². The van der Waals surface area contributed by atoms with Crippen LogP contribution in [0.5, 0.6) is 0 Å². The second kappa shape index (κ2) is 4.67. The van der Waals surface area contributed by atoms with Gasteiger partial charge in [-0.05, 0) is 13.8 Å². The van der Waals surface area contributed by atoms with Crippen molar-refractivity contribution < 1.29 is 4.79 Å². The molecule has 1 amide bonds. The van der Waals surface area contributed by atoms with Crippen LogP contribution in [-0.4, -0.2) is 41.6 Å². The molecule has 3 N–H and O–H groups in total. The molecule has 0 saturated carbocycles. The molecule has 17 heavy (non-hydrogen) atoms. The molecule has 1 fully saturated rings. The Morgan fingerprint density at radius 1 is 1.53 bits per heavy atom. The van der Waals surface area contributed by atoms with Crippen molar-refractivity contribution in [2.75, 3.05) is 24.5 Å². The summed E-state index contributed by atoms with van der Waals surface area (Å²) in [5.41, 5.74) is 7.18. The van der Waals surface area contributed by atoms with Gasteiger partial charge in [0.1, 0.15) is 11.9 Å². The number of aryl methyl sites for hydroxylation is 2. The molecule has 1 aromatic rings. The Morgan fingerprint density at radius 2 is 2.29 bits per heavy atom. The van der Waals surface area contributed by atoms with Crippen LogP contribution in [0.1, 0.15) is 11.4 Å². The second-order valence-corrected chi connectivity index (χ2v) is 4.21. The number of rotatable bonds is 2. The highest BCUT2D eigenvalue weighted by Crippen LogP contribution is 2.16. The van der Waals surface area contributed by atoms with E-state index in [-0.39, 0.29) is 11.9 Å². The SMILES string of the molecule is Cc1ncc(N2CCNCC2C(N)=O)nc1C. The van der Waals surface area contributed by atoms with Gasteiger partial charge in [-0.15, -0.1) is 0 Å². The van der Waals surface area contributed by atoms with Gasteiger partial charge < -0.3 is 16.0 Å². The number of primary amides is 1.